The zero-order valence-corrected chi connectivity index (χ0v) is 12.5. The van der Waals surface area contributed by atoms with Gasteiger partial charge in [-0.25, -0.2) is 0 Å². The number of hydrogen-bond acceptors (Lipinski definition) is 2. The third-order valence-electron chi connectivity index (χ3n) is 6.21. The second-order valence-corrected chi connectivity index (χ2v) is 7.71. The molecular formula is C17H28N2O. The average Bonchev–Trinajstić information content (AvgIpc) is 2.89. The molecule has 4 unspecified atom stereocenters. The summed E-state index contributed by atoms with van der Waals surface area (Å²) < 4.78 is 0. The monoisotopic (exact) mass is 276 g/mol. The van der Waals surface area contributed by atoms with E-state index in [-0.39, 0.29) is 0 Å². The Balaban J connectivity index is 1.34. The minimum Gasteiger partial charge on any atom is -0.338 e. The third kappa shape index (κ3) is 2.61. The molecule has 0 aromatic carbocycles. The van der Waals surface area contributed by atoms with E-state index in [4.69, 9.17) is 0 Å². The summed E-state index contributed by atoms with van der Waals surface area (Å²) in [7, 11) is 0. The molecule has 4 atom stereocenters. The van der Waals surface area contributed by atoms with Crippen LogP contribution < -0.4 is 5.32 Å². The summed E-state index contributed by atoms with van der Waals surface area (Å²) in [5.74, 6) is 3.04. The van der Waals surface area contributed by atoms with Crippen molar-refractivity contribution in [3.8, 4) is 0 Å². The fourth-order valence-corrected chi connectivity index (χ4v) is 4.96. The Morgan fingerprint density at radius 3 is 2.60 bits per heavy atom. The zero-order valence-electron chi connectivity index (χ0n) is 12.5. The Morgan fingerprint density at radius 1 is 1.10 bits per heavy atom. The summed E-state index contributed by atoms with van der Waals surface area (Å²) in [6.07, 6.45) is 11.5. The molecule has 1 N–H and O–H groups in total. The van der Waals surface area contributed by atoms with E-state index >= 15 is 0 Å². The lowest BCUT2D eigenvalue weighted by molar-refractivity contribution is -0.133. The highest BCUT2D eigenvalue weighted by Crippen LogP contribution is 2.49. The van der Waals surface area contributed by atoms with E-state index in [1.54, 1.807) is 0 Å². The molecule has 3 heteroatoms. The first-order chi connectivity index (χ1) is 9.79. The van der Waals surface area contributed by atoms with Crippen molar-refractivity contribution in [1.82, 2.24) is 10.2 Å². The first kappa shape index (κ1) is 13.1. The van der Waals surface area contributed by atoms with Gasteiger partial charge in [-0.3, -0.25) is 4.79 Å². The maximum absolute atomic E-state index is 12.7. The first-order valence-electron chi connectivity index (χ1n) is 8.82. The number of fused-ring (bicyclic) bond motifs is 2. The minimum atomic E-state index is 0.471. The Labute approximate surface area is 122 Å². The quantitative estimate of drug-likeness (QED) is 0.837. The van der Waals surface area contributed by atoms with Crippen LogP contribution >= 0.6 is 0 Å². The minimum absolute atomic E-state index is 0.471. The smallest absolute Gasteiger partial charge is 0.223 e. The van der Waals surface area contributed by atoms with Crippen molar-refractivity contribution in [3.63, 3.8) is 0 Å². The maximum Gasteiger partial charge on any atom is 0.223 e. The molecule has 1 saturated heterocycles. The molecule has 0 aromatic heterocycles. The molecule has 0 radical (unpaired) electrons. The molecule has 1 heterocycles. The topological polar surface area (TPSA) is 32.3 Å². The van der Waals surface area contributed by atoms with Crippen molar-refractivity contribution in [1.29, 1.82) is 0 Å². The van der Waals surface area contributed by atoms with Gasteiger partial charge in [0.25, 0.3) is 0 Å². The molecule has 1 amide bonds. The Morgan fingerprint density at radius 2 is 2.00 bits per heavy atom. The fraction of sp³-hybridized carbons (Fsp3) is 0.941. The van der Waals surface area contributed by atoms with Gasteiger partial charge in [0.05, 0.1) is 0 Å². The van der Waals surface area contributed by atoms with Crippen LogP contribution in [0, 0.1) is 17.8 Å². The lowest BCUT2D eigenvalue weighted by atomic mass is 9.86. The Hall–Kier alpha value is -0.570. The lowest BCUT2D eigenvalue weighted by Crippen LogP contribution is -2.43. The SMILES string of the molecule is O=C(CC1CC2CCC1C2)N(CC1CCCN1)C1CC1. The van der Waals surface area contributed by atoms with Gasteiger partial charge in [0.15, 0.2) is 0 Å². The second kappa shape index (κ2) is 5.32. The van der Waals surface area contributed by atoms with Gasteiger partial charge in [0.2, 0.25) is 5.91 Å². The van der Waals surface area contributed by atoms with Gasteiger partial charge >= 0.3 is 0 Å². The van der Waals surface area contributed by atoms with Crippen LogP contribution in [-0.4, -0.2) is 36.0 Å². The molecule has 4 rings (SSSR count). The summed E-state index contributed by atoms with van der Waals surface area (Å²) in [6.45, 7) is 2.12. The number of hydrogen-bond donors (Lipinski definition) is 1. The standard InChI is InChI=1S/C17H28N2O/c20-17(10-14-9-12-3-4-13(14)8-12)19(16-5-6-16)11-15-2-1-7-18-15/h12-16,18H,1-11H2. The predicted molar refractivity (Wildman–Crippen MR) is 79.3 cm³/mol. The van der Waals surface area contributed by atoms with E-state index in [1.165, 1.54) is 51.4 Å². The highest BCUT2D eigenvalue weighted by Gasteiger charge is 2.42. The number of rotatable bonds is 5. The van der Waals surface area contributed by atoms with Gasteiger partial charge in [-0.1, -0.05) is 6.42 Å². The molecule has 3 nitrogen and oxygen atoms in total. The van der Waals surface area contributed by atoms with Crippen molar-refractivity contribution in [2.45, 2.75) is 69.9 Å². The van der Waals surface area contributed by atoms with Crippen LogP contribution in [0.2, 0.25) is 0 Å². The van der Waals surface area contributed by atoms with Gasteiger partial charge in [0, 0.05) is 25.0 Å². The molecule has 0 aromatic rings. The fourth-order valence-electron chi connectivity index (χ4n) is 4.96. The summed E-state index contributed by atoms with van der Waals surface area (Å²) in [5.41, 5.74) is 0. The van der Waals surface area contributed by atoms with E-state index in [9.17, 15) is 4.79 Å². The average molecular weight is 276 g/mol. The van der Waals surface area contributed by atoms with E-state index in [0.29, 0.717) is 18.0 Å². The van der Waals surface area contributed by atoms with Crippen molar-refractivity contribution in [2.75, 3.05) is 13.1 Å². The van der Waals surface area contributed by atoms with Crippen molar-refractivity contribution in [2.24, 2.45) is 17.8 Å². The molecule has 1 aliphatic heterocycles. The molecule has 3 aliphatic carbocycles. The summed E-state index contributed by atoms with van der Waals surface area (Å²) >= 11 is 0. The van der Waals surface area contributed by atoms with Gasteiger partial charge in [-0.2, -0.15) is 0 Å². The highest BCUT2D eigenvalue weighted by atomic mass is 16.2. The first-order valence-corrected chi connectivity index (χ1v) is 8.82. The summed E-state index contributed by atoms with van der Waals surface area (Å²) in [6, 6.07) is 1.16. The van der Waals surface area contributed by atoms with E-state index in [2.05, 4.69) is 10.2 Å². The molecule has 0 spiro atoms. The highest BCUT2D eigenvalue weighted by molar-refractivity contribution is 5.77. The van der Waals surface area contributed by atoms with E-state index in [1.807, 2.05) is 0 Å². The molecule has 4 aliphatic rings. The normalized spacial score (nSPS) is 39.4. The maximum atomic E-state index is 12.7. The summed E-state index contributed by atoms with van der Waals surface area (Å²) in [5, 5.41) is 3.55. The molecule has 3 saturated carbocycles. The van der Waals surface area contributed by atoms with Gasteiger partial charge < -0.3 is 10.2 Å². The number of amides is 1. The van der Waals surface area contributed by atoms with Crippen LogP contribution in [-0.2, 0) is 4.79 Å². The number of carbonyl (C=O) groups excluding carboxylic acids is 1. The summed E-state index contributed by atoms with van der Waals surface area (Å²) in [4.78, 5) is 15.0. The Bertz CT molecular complexity index is 373. The van der Waals surface area contributed by atoms with Crippen molar-refractivity contribution >= 4 is 5.91 Å². The molecule has 112 valence electrons. The molecular weight excluding hydrogens is 248 g/mol. The second-order valence-electron chi connectivity index (χ2n) is 7.71. The lowest BCUT2D eigenvalue weighted by Gasteiger charge is -2.29. The van der Waals surface area contributed by atoms with Crippen LogP contribution in [0.4, 0.5) is 0 Å². The molecule has 4 fully saturated rings. The largest absolute Gasteiger partial charge is 0.338 e. The molecule has 2 bridgehead atoms. The van der Waals surface area contributed by atoms with Crippen LogP contribution in [0.1, 0.15) is 57.8 Å². The molecule has 20 heavy (non-hydrogen) atoms. The number of carbonyl (C=O) groups is 1. The predicted octanol–water partition coefficient (Wildman–Crippen LogP) is 2.56. The van der Waals surface area contributed by atoms with Crippen LogP contribution in [0.5, 0.6) is 0 Å². The van der Waals surface area contributed by atoms with Gasteiger partial charge in [0.1, 0.15) is 0 Å². The van der Waals surface area contributed by atoms with Crippen LogP contribution in [0.3, 0.4) is 0 Å². The van der Waals surface area contributed by atoms with Crippen molar-refractivity contribution < 1.29 is 4.79 Å². The van der Waals surface area contributed by atoms with Gasteiger partial charge in [-0.05, 0) is 69.2 Å². The Kier molecular flexibility index (Phi) is 3.49. The van der Waals surface area contributed by atoms with Gasteiger partial charge in [-0.15, -0.1) is 0 Å². The van der Waals surface area contributed by atoms with Crippen molar-refractivity contribution in [3.05, 3.63) is 0 Å². The van der Waals surface area contributed by atoms with E-state index < -0.39 is 0 Å². The number of nitrogens with one attached hydrogen (secondary N) is 1. The van der Waals surface area contributed by atoms with E-state index in [0.717, 1.165) is 37.3 Å². The zero-order chi connectivity index (χ0) is 13.5. The third-order valence-corrected chi connectivity index (χ3v) is 6.21. The van der Waals surface area contributed by atoms with Crippen LogP contribution in [0.15, 0.2) is 0 Å². The number of nitrogens with zero attached hydrogens (tertiary/aromatic N) is 1. The van der Waals surface area contributed by atoms with Crippen LogP contribution in [0.25, 0.3) is 0 Å².